The van der Waals surface area contributed by atoms with Crippen LogP contribution in [0.3, 0.4) is 0 Å². The maximum Gasteiger partial charge on any atom is 0.262 e. The molecule has 1 fully saturated rings. The SMILES string of the molecule is CC(C)OCCCN(CCNCCc1ccc(O)c2c1OCC(=O)N2)C(=O)CCOCCc1ccc(O)c(C2(c3ccccc3)CCN(C(C)C)CC2)c1. The molecule has 1 saturated heterocycles. The van der Waals surface area contributed by atoms with E-state index >= 15 is 0 Å². The number of benzene rings is 3. The molecular formula is C43H60N4O7. The maximum atomic E-state index is 13.4. The smallest absolute Gasteiger partial charge is 0.262 e. The number of anilines is 1. The molecule has 0 aromatic heterocycles. The van der Waals surface area contributed by atoms with Crippen LogP contribution in [0.15, 0.2) is 60.7 Å². The third kappa shape index (κ3) is 11.0. The summed E-state index contributed by atoms with van der Waals surface area (Å²) in [6.07, 6.45) is 4.38. The fourth-order valence-corrected chi connectivity index (χ4v) is 7.53. The number of carbonyl (C=O) groups is 2. The largest absolute Gasteiger partial charge is 0.508 e. The summed E-state index contributed by atoms with van der Waals surface area (Å²) in [4.78, 5) is 29.5. The van der Waals surface area contributed by atoms with E-state index in [9.17, 15) is 19.8 Å². The number of phenols is 2. The second kappa shape index (κ2) is 20.0. The average molecular weight is 745 g/mol. The van der Waals surface area contributed by atoms with E-state index in [4.69, 9.17) is 14.2 Å². The first-order chi connectivity index (χ1) is 26.1. The molecule has 0 unspecified atom stereocenters. The summed E-state index contributed by atoms with van der Waals surface area (Å²) < 4.78 is 17.4. The molecule has 0 saturated carbocycles. The van der Waals surface area contributed by atoms with Crippen molar-refractivity contribution in [2.75, 3.05) is 71.0 Å². The normalized spacial score (nSPS) is 15.6. The number of hydrogen-bond acceptors (Lipinski definition) is 9. The van der Waals surface area contributed by atoms with Crippen molar-refractivity contribution in [1.29, 1.82) is 0 Å². The fraction of sp³-hybridized carbons (Fsp3) is 0.535. The Labute approximate surface area is 321 Å². The number of nitrogens with zero attached hydrogens (tertiary/aromatic N) is 2. The molecule has 4 N–H and O–H groups in total. The number of phenolic OH excluding ortho intramolecular Hbond substituents is 2. The molecule has 2 aliphatic rings. The Morgan fingerprint density at radius 3 is 2.44 bits per heavy atom. The van der Waals surface area contributed by atoms with Gasteiger partial charge in [-0.05, 0) is 108 Å². The van der Waals surface area contributed by atoms with Gasteiger partial charge < -0.3 is 44.9 Å². The van der Waals surface area contributed by atoms with E-state index in [0.717, 1.165) is 49.0 Å². The quantitative estimate of drug-likeness (QED) is 0.0857. The number of amides is 2. The van der Waals surface area contributed by atoms with Crippen LogP contribution >= 0.6 is 0 Å². The minimum atomic E-state index is -0.293. The van der Waals surface area contributed by atoms with Crippen LogP contribution < -0.4 is 15.4 Å². The predicted molar refractivity (Wildman–Crippen MR) is 212 cm³/mol. The van der Waals surface area contributed by atoms with Gasteiger partial charge in [0, 0.05) is 43.3 Å². The highest BCUT2D eigenvalue weighted by atomic mass is 16.5. The molecule has 3 aromatic rings. The van der Waals surface area contributed by atoms with E-state index in [2.05, 4.69) is 59.7 Å². The summed E-state index contributed by atoms with van der Waals surface area (Å²) in [5.41, 5.74) is 4.29. The lowest BCUT2D eigenvalue weighted by Gasteiger charge is -2.44. The number of carbonyl (C=O) groups excluding carboxylic acids is 2. The van der Waals surface area contributed by atoms with Crippen LogP contribution in [-0.2, 0) is 37.3 Å². The predicted octanol–water partition coefficient (Wildman–Crippen LogP) is 5.64. The number of rotatable bonds is 20. The van der Waals surface area contributed by atoms with Gasteiger partial charge >= 0.3 is 0 Å². The second-order valence-corrected chi connectivity index (χ2v) is 15.0. The highest BCUT2D eigenvalue weighted by Crippen LogP contribution is 2.46. The van der Waals surface area contributed by atoms with E-state index in [1.165, 1.54) is 5.56 Å². The molecule has 11 nitrogen and oxygen atoms in total. The molecule has 3 aromatic carbocycles. The molecule has 0 bridgehead atoms. The Morgan fingerprint density at radius 2 is 1.70 bits per heavy atom. The molecular weight excluding hydrogens is 684 g/mol. The van der Waals surface area contributed by atoms with Crippen LogP contribution in [0.25, 0.3) is 0 Å². The average Bonchev–Trinajstić information content (AvgIpc) is 3.17. The van der Waals surface area contributed by atoms with Gasteiger partial charge in [0.25, 0.3) is 5.91 Å². The Bertz CT molecular complexity index is 1660. The molecule has 2 aliphatic heterocycles. The Kier molecular flexibility index (Phi) is 15.2. The first-order valence-corrected chi connectivity index (χ1v) is 19.6. The van der Waals surface area contributed by atoms with Gasteiger partial charge in [0.15, 0.2) is 12.4 Å². The molecule has 54 heavy (non-hydrogen) atoms. The van der Waals surface area contributed by atoms with Crippen molar-refractivity contribution >= 4 is 17.5 Å². The molecule has 2 heterocycles. The van der Waals surface area contributed by atoms with Gasteiger partial charge in [0.05, 0.1) is 25.7 Å². The van der Waals surface area contributed by atoms with Gasteiger partial charge in [-0.2, -0.15) is 0 Å². The monoisotopic (exact) mass is 744 g/mol. The Hall–Kier alpha value is -4.16. The van der Waals surface area contributed by atoms with Crippen molar-refractivity contribution in [2.24, 2.45) is 0 Å². The van der Waals surface area contributed by atoms with Crippen molar-refractivity contribution in [1.82, 2.24) is 15.1 Å². The minimum absolute atomic E-state index is 0.0197. The third-order valence-electron chi connectivity index (χ3n) is 10.6. The first kappa shape index (κ1) is 41.0. The van der Waals surface area contributed by atoms with Gasteiger partial charge in [-0.3, -0.25) is 9.59 Å². The number of likely N-dealkylation sites (tertiary alicyclic amines) is 1. The van der Waals surface area contributed by atoms with E-state index in [-0.39, 0.29) is 42.1 Å². The lowest BCUT2D eigenvalue weighted by Crippen LogP contribution is -2.45. The number of nitrogens with one attached hydrogen (secondary N) is 2. The highest BCUT2D eigenvalue weighted by molar-refractivity contribution is 5.97. The summed E-state index contributed by atoms with van der Waals surface area (Å²) in [5.74, 6) is 0.570. The molecule has 0 aliphatic carbocycles. The summed E-state index contributed by atoms with van der Waals surface area (Å²) in [6, 6.07) is 20.4. The fourth-order valence-electron chi connectivity index (χ4n) is 7.53. The molecule has 0 radical (unpaired) electrons. The number of fused-ring (bicyclic) bond motifs is 1. The molecule has 294 valence electrons. The van der Waals surface area contributed by atoms with Crippen molar-refractivity contribution < 1.29 is 34.0 Å². The van der Waals surface area contributed by atoms with Crippen LogP contribution in [-0.4, -0.2) is 110 Å². The Morgan fingerprint density at radius 1 is 0.944 bits per heavy atom. The zero-order chi connectivity index (χ0) is 38.5. The summed E-state index contributed by atoms with van der Waals surface area (Å²) in [5, 5.41) is 27.4. The minimum Gasteiger partial charge on any atom is -0.508 e. The van der Waals surface area contributed by atoms with E-state index in [1.54, 1.807) is 12.1 Å². The van der Waals surface area contributed by atoms with E-state index < -0.39 is 0 Å². The number of aromatic hydroxyl groups is 2. The van der Waals surface area contributed by atoms with Crippen molar-refractivity contribution in [3.63, 3.8) is 0 Å². The van der Waals surface area contributed by atoms with Crippen molar-refractivity contribution in [2.45, 2.75) is 83.8 Å². The van der Waals surface area contributed by atoms with Gasteiger partial charge in [0.2, 0.25) is 5.91 Å². The van der Waals surface area contributed by atoms with E-state index in [1.807, 2.05) is 36.9 Å². The van der Waals surface area contributed by atoms with Gasteiger partial charge in [-0.25, -0.2) is 0 Å². The number of hydrogen-bond donors (Lipinski definition) is 4. The zero-order valence-electron chi connectivity index (χ0n) is 32.6. The Balaban J connectivity index is 1.11. The second-order valence-electron chi connectivity index (χ2n) is 15.0. The topological polar surface area (TPSA) is 133 Å². The van der Waals surface area contributed by atoms with Crippen molar-refractivity contribution in [3.8, 4) is 17.2 Å². The lowest BCUT2D eigenvalue weighted by atomic mass is 9.67. The molecule has 11 heteroatoms. The number of piperidine rings is 1. The lowest BCUT2D eigenvalue weighted by molar-refractivity contribution is -0.132. The first-order valence-electron chi connectivity index (χ1n) is 19.6. The summed E-state index contributed by atoms with van der Waals surface area (Å²) in [7, 11) is 0. The van der Waals surface area contributed by atoms with Crippen LogP contribution in [0.2, 0.25) is 0 Å². The van der Waals surface area contributed by atoms with Crippen LogP contribution in [0.4, 0.5) is 5.69 Å². The van der Waals surface area contributed by atoms with Gasteiger partial charge in [-0.15, -0.1) is 0 Å². The van der Waals surface area contributed by atoms with Crippen LogP contribution in [0.5, 0.6) is 17.2 Å². The summed E-state index contributed by atoms with van der Waals surface area (Å²) in [6.45, 7) is 14.2. The van der Waals surface area contributed by atoms with Gasteiger partial charge in [0.1, 0.15) is 17.2 Å². The molecule has 5 rings (SSSR count). The molecule has 0 spiro atoms. The van der Waals surface area contributed by atoms with Crippen molar-refractivity contribution in [3.05, 3.63) is 82.9 Å². The standard InChI is InChI=1S/C43H60N4O7/c1-31(2)46-23-18-43(19-24-46,35-9-6-5-7-10-35)36-29-33(11-13-37(36)48)16-27-52-28-17-40(51)47(22-8-26-53-32(3)4)25-21-44-20-15-34-12-14-38(49)41-42(34)54-30-39(50)45-41/h5-7,9-14,29,31-32,44,48-49H,8,15-28,30H2,1-4H3,(H,45,50). The van der Waals surface area contributed by atoms with E-state index in [0.29, 0.717) is 82.1 Å². The third-order valence-corrected chi connectivity index (χ3v) is 10.6. The summed E-state index contributed by atoms with van der Waals surface area (Å²) >= 11 is 0. The maximum absolute atomic E-state index is 13.4. The van der Waals surface area contributed by atoms with Gasteiger partial charge in [-0.1, -0.05) is 48.5 Å². The zero-order valence-corrected chi connectivity index (χ0v) is 32.6. The van der Waals surface area contributed by atoms with Crippen LogP contribution in [0.1, 0.15) is 75.6 Å². The number of ether oxygens (including phenoxy) is 3. The van der Waals surface area contributed by atoms with Crippen LogP contribution in [0, 0.1) is 0 Å². The molecule has 0 atom stereocenters. The molecule has 2 amide bonds. The highest BCUT2D eigenvalue weighted by Gasteiger charge is 2.40.